The molecule has 1 spiro atoms. The minimum Gasteiger partial charge on any atom is -0.352 e. The minimum atomic E-state index is -0.600. The number of amides is 3. The van der Waals surface area contributed by atoms with Gasteiger partial charge in [0, 0.05) is 50.4 Å². The first-order valence-electron chi connectivity index (χ1n) is 9.52. The Kier molecular flexibility index (Phi) is 4.38. The van der Waals surface area contributed by atoms with Gasteiger partial charge in [-0.1, -0.05) is 0 Å². The van der Waals surface area contributed by atoms with Gasteiger partial charge in [0.1, 0.15) is 11.4 Å². The summed E-state index contributed by atoms with van der Waals surface area (Å²) in [6.07, 6.45) is 6.58. The molecule has 1 saturated heterocycles. The maximum atomic E-state index is 12.5. The van der Waals surface area contributed by atoms with E-state index in [2.05, 4.69) is 15.6 Å². The Hall–Kier alpha value is -2.09. The van der Waals surface area contributed by atoms with E-state index in [1.807, 2.05) is 29.5 Å². The number of piperidine rings is 1. The van der Waals surface area contributed by atoms with Crippen LogP contribution in [0.15, 0.2) is 12.4 Å². The van der Waals surface area contributed by atoms with Crippen LogP contribution >= 0.6 is 0 Å². The number of likely N-dealkylation sites (tertiary alicyclic amines) is 1. The molecule has 0 radical (unpaired) electrons. The number of urea groups is 1. The van der Waals surface area contributed by atoms with E-state index in [0.29, 0.717) is 38.5 Å². The van der Waals surface area contributed by atoms with Gasteiger partial charge in [0.25, 0.3) is 5.91 Å². The fraction of sp³-hybridized carbons (Fsp3) is 0.722. The third-order valence-electron chi connectivity index (χ3n) is 5.34. The van der Waals surface area contributed by atoms with Crippen LogP contribution in [-0.2, 0) is 21.7 Å². The molecule has 0 unspecified atom stereocenters. The number of ether oxygens (including phenoxy) is 1. The molecule has 8 heteroatoms. The summed E-state index contributed by atoms with van der Waals surface area (Å²) < 4.78 is 8.35. The number of hydrogen-bond acceptors (Lipinski definition) is 4. The van der Waals surface area contributed by atoms with Gasteiger partial charge in [-0.3, -0.25) is 4.79 Å². The van der Waals surface area contributed by atoms with Gasteiger partial charge >= 0.3 is 6.03 Å². The Morgan fingerprint density at radius 2 is 2.04 bits per heavy atom. The topological polar surface area (TPSA) is 88.5 Å². The summed E-state index contributed by atoms with van der Waals surface area (Å²) in [5, 5.41) is 5.98. The van der Waals surface area contributed by atoms with Gasteiger partial charge in [-0.2, -0.15) is 0 Å². The highest BCUT2D eigenvalue weighted by molar-refractivity contribution is 5.81. The first-order valence-corrected chi connectivity index (χ1v) is 9.52. The predicted octanol–water partition coefficient (Wildman–Crippen LogP) is 0.970. The maximum absolute atomic E-state index is 12.5. The first kappa shape index (κ1) is 17.3. The van der Waals surface area contributed by atoms with Gasteiger partial charge in [0.2, 0.25) is 0 Å². The lowest BCUT2D eigenvalue weighted by Crippen LogP contribution is -2.56. The fourth-order valence-electron chi connectivity index (χ4n) is 3.82. The van der Waals surface area contributed by atoms with Gasteiger partial charge in [-0.25, -0.2) is 9.78 Å². The average molecular weight is 361 g/mol. The number of carbonyl (C=O) groups is 2. The summed E-state index contributed by atoms with van der Waals surface area (Å²) >= 11 is 0. The Labute approximate surface area is 153 Å². The largest absolute Gasteiger partial charge is 0.352 e. The van der Waals surface area contributed by atoms with Crippen molar-refractivity contribution < 1.29 is 14.3 Å². The maximum Gasteiger partial charge on any atom is 0.317 e. The second-order valence-electron chi connectivity index (χ2n) is 7.88. The zero-order valence-electron chi connectivity index (χ0n) is 15.4. The second kappa shape index (κ2) is 6.57. The standard InChI is InChI=1S/C18H27N5O3/c1-12(2)20-15(24)14-11-23-10-7-19-16(23)18(26-14)5-8-22(9-6-18)17(25)21-13-3-4-13/h7,10,12-14H,3-6,8-9,11H2,1-2H3,(H,20,24)(H,21,25)/t14-/m1/s1. The highest BCUT2D eigenvalue weighted by atomic mass is 16.5. The van der Waals surface area contributed by atoms with Crippen molar-refractivity contribution in [2.24, 2.45) is 0 Å². The lowest BCUT2D eigenvalue weighted by molar-refractivity contribution is -0.172. The molecule has 1 atom stereocenters. The molecule has 2 fully saturated rings. The molecule has 3 amide bonds. The van der Waals surface area contributed by atoms with Crippen molar-refractivity contribution >= 4 is 11.9 Å². The van der Waals surface area contributed by atoms with Crippen LogP contribution in [0.3, 0.4) is 0 Å². The van der Waals surface area contributed by atoms with Crippen LogP contribution in [0.2, 0.25) is 0 Å². The predicted molar refractivity (Wildman–Crippen MR) is 94.4 cm³/mol. The number of fused-ring (bicyclic) bond motifs is 2. The van der Waals surface area contributed by atoms with Crippen molar-refractivity contribution in [2.75, 3.05) is 13.1 Å². The Bertz CT molecular complexity index is 689. The molecule has 0 aromatic carbocycles. The molecule has 1 saturated carbocycles. The van der Waals surface area contributed by atoms with E-state index in [-0.39, 0.29) is 18.0 Å². The van der Waals surface area contributed by atoms with Crippen molar-refractivity contribution in [3.8, 4) is 0 Å². The summed E-state index contributed by atoms with van der Waals surface area (Å²) in [6, 6.07) is 0.433. The third-order valence-corrected chi connectivity index (χ3v) is 5.34. The zero-order valence-corrected chi connectivity index (χ0v) is 15.4. The number of nitrogens with one attached hydrogen (secondary N) is 2. The molecular weight excluding hydrogens is 334 g/mol. The van der Waals surface area contributed by atoms with Crippen LogP contribution < -0.4 is 10.6 Å². The van der Waals surface area contributed by atoms with Crippen LogP contribution in [0.1, 0.15) is 45.4 Å². The van der Waals surface area contributed by atoms with E-state index in [4.69, 9.17) is 4.74 Å². The van der Waals surface area contributed by atoms with Crippen LogP contribution in [0, 0.1) is 0 Å². The lowest BCUT2D eigenvalue weighted by Gasteiger charge is -2.45. The van der Waals surface area contributed by atoms with E-state index in [0.717, 1.165) is 18.7 Å². The Balaban J connectivity index is 1.48. The molecular formula is C18H27N5O3. The molecule has 142 valence electrons. The summed E-state index contributed by atoms with van der Waals surface area (Å²) in [4.78, 5) is 31.2. The Morgan fingerprint density at radius 1 is 1.31 bits per heavy atom. The van der Waals surface area contributed by atoms with Crippen molar-refractivity contribution in [2.45, 2.75) is 69.9 Å². The smallest absolute Gasteiger partial charge is 0.317 e. The second-order valence-corrected chi connectivity index (χ2v) is 7.88. The van der Waals surface area contributed by atoms with E-state index >= 15 is 0 Å². The van der Waals surface area contributed by atoms with Gasteiger partial charge in [0.15, 0.2) is 6.10 Å². The molecule has 0 bridgehead atoms. The minimum absolute atomic E-state index is 0.00982. The molecule has 1 aromatic rings. The van der Waals surface area contributed by atoms with E-state index in [1.165, 1.54) is 0 Å². The molecule has 2 N–H and O–H groups in total. The van der Waals surface area contributed by atoms with Gasteiger partial charge < -0.3 is 24.8 Å². The number of nitrogens with zero attached hydrogens (tertiary/aromatic N) is 3. The van der Waals surface area contributed by atoms with Crippen LogP contribution in [0.5, 0.6) is 0 Å². The van der Waals surface area contributed by atoms with Crippen molar-refractivity contribution in [3.63, 3.8) is 0 Å². The third kappa shape index (κ3) is 3.30. The van der Waals surface area contributed by atoms with Crippen molar-refractivity contribution in [3.05, 3.63) is 18.2 Å². The number of carbonyl (C=O) groups excluding carboxylic acids is 2. The molecule has 2 aliphatic heterocycles. The van der Waals surface area contributed by atoms with Crippen molar-refractivity contribution in [1.29, 1.82) is 0 Å². The average Bonchev–Trinajstić information content (AvgIpc) is 3.27. The van der Waals surface area contributed by atoms with E-state index in [1.54, 1.807) is 6.20 Å². The summed E-state index contributed by atoms with van der Waals surface area (Å²) in [6.45, 7) is 5.56. The van der Waals surface area contributed by atoms with Gasteiger partial charge in [-0.05, 0) is 26.7 Å². The number of hydrogen-bond donors (Lipinski definition) is 2. The summed E-state index contributed by atoms with van der Waals surface area (Å²) in [5.41, 5.74) is -0.600. The normalized spacial score (nSPS) is 24.4. The molecule has 4 rings (SSSR count). The number of imidazole rings is 1. The zero-order chi connectivity index (χ0) is 18.3. The highest BCUT2D eigenvalue weighted by Crippen LogP contribution is 2.40. The number of rotatable bonds is 3. The summed E-state index contributed by atoms with van der Waals surface area (Å²) in [5.74, 6) is 0.779. The first-order chi connectivity index (χ1) is 12.5. The Morgan fingerprint density at radius 3 is 2.69 bits per heavy atom. The van der Waals surface area contributed by atoms with Gasteiger partial charge in [0.05, 0.1) is 6.54 Å². The van der Waals surface area contributed by atoms with Crippen LogP contribution in [0.25, 0.3) is 0 Å². The van der Waals surface area contributed by atoms with Crippen LogP contribution in [-0.4, -0.2) is 57.7 Å². The summed E-state index contributed by atoms with van der Waals surface area (Å²) in [7, 11) is 0. The monoisotopic (exact) mass is 361 g/mol. The quantitative estimate of drug-likeness (QED) is 0.840. The molecule has 1 aromatic heterocycles. The fourth-order valence-corrected chi connectivity index (χ4v) is 3.82. The molecule has 3 heterocycles. The molecule has 3 aliphatic rings. The van der Waals surface area contributed by atoms with Crippen molar-refractivity contribution in [1.82, 2.24) is 25.1 Å². The number of aromatic nitrogens is 2. The highest BCUT2D eigenvalue weighted by Gasteiger charge is 2.47. The SMILES string of the molecule is CC(C)NC(=O)[C@H]1Cn2ccnc2C2(CCN(C(=O)NC3CC3)CC2)O1. The molecule has 26 heavy (non-hydrogen) atoms. The van der Waals surface area contributed by atoms with E-state index in [9.17, 15) is 9.59 Å². The molecule has 8 nitrogen and oxygen atoms in total. The van der Waals surface area contributed by atoms with Crippen LogP contribution in [0.4, 0.5) is 4.79 Å². The molecule has 1 aliphatic carbocycles. The van der Waals surface area contributed by atoms with E-state index < -0.39 is 11.7 Å². The van der Waals surface area contributed by atoms with Gasteiger partial charge in [-0.15, -0.1) is 0 Å². The lowest BCUT2D eigenvalue weighted by atomic mass is 9.88.